The second kappa shape index (κ2) is 11.2. The number of hydrogen-bond donors (Lipinski definition) is 2. The van der Waals surface area contributed by atoms with Gasteiger partial charge < -0.3 is 15.5 Å². The maximum Gasteiger partial charge on any atom is 0.403 e. The van der Waals surface area contributed by atoms with Crippen LogP contribution in [0.15, 0.2) is 29.3 Å². The lowest BCUT2D eigenvalue weighted by atomic mass is 10.2. The second-order valence-electron chi connectivity index (χ2n) is 7.41. The van der Waals surface area contributed by atoms with Crippen LogP contribution in [0, 0.1) is 0 Å². The van der Waals surface area contributed by atoms with E-state index in [1.165, 1.54) is 11.8 Å². The predicted molar refractivity (Wildman–Crippen MR) is 113 cm³/mol. The van der Waals surface area contributed by atoms with Crippen LogP contribution in [0.1, 0.15) is 39.2 Å². The normalized spacial score (nSPS) is 17.0. The van der Waals surface area contributed by atoms with Crippen molar-refractivity contribution >= 4 is 17.6 Å². The molecule has 9 heteroatoms. The van der Waals surface area contributed by atoms with Crippen LogP contribution in [0.3, 0.4) is 0 Å². The highest BCUT2D eigenvalue weighted by atomic mass is 19.4. The van der Waals surface area contributed by atoms with Gasteiger partial charge in [-0.25, -0.2) is 4.99 Å². The predicted octanol–water partition coefficient (Wildman–Crippen LogP) is 3.46. The SMILES string of the molecule is CCCC(=O)Nc1ccc(CN=C(NCC)N2CCN(C(C)C(F)(F)F)CC2)cc1. The summed E-state index contributed by atoms with van der Waals surface area (Å²) in [7, 11) is 0. The van der Waals surface area contributed by atoms with E-state index in [-0.39, 0.29) is 5.91 Å². The van der Waals surface area contributed by atoms with Crippen molar-refractivity contribution in [2.45, 2.75) is 52.4 Å². The summed E-state index contributed by atoms with van der Waals surface area (Å²) in [4.78, 5) is 19.8. The summed E-state index contributed by atoms with van der Waals surface area (Å²) in [6.45, 7) is 7.94. The van der Waals surface area contributed by atoms with Gasteiger partial charge in [0, 0.05) is 44.8 Å². The molecule has 1 unspecified atom stereocenters. The van der Waals surface area contributed by atoms with Gasteiger partial charge in [-0.15, -0.1) is 0 Å². The molecule has 1 aromatic carbocycles. The summed E-state index contributed by atoms with van der Waals surface area (Å²) in [6.07, 6.45) is -2.91. The van der Waals surface area contributed by atoms with Gasteiger partial charge in [0.1, 0.15) is 6.04 Å². The third kappa shape index (κ3) is 7.19. The van der Waals surface area contributed by atoms with Crippen molar-refractivity contribution in [3.8, 4) is 0 Å². The number of benzene rings is 1. The molecule has 30 heavy (non-hydrogen) atoms. The summed E-state index contributed by atoms with van der Waals surface area (Å²) < 4.78 is 38.8. The number of alkyl halides is 3. The third-order valence-corrected chi connectivity index (χ3v) is 5.10. The Balaban J connectivity index is 1.94. The minimum atomic E-state index is -4.21. The van der Waals surface area contributed by atoms with E-state index >= 15 is 0 Å². The first kappa shape index (κ1) is 24.0. The summed E-state index contributed by atoms with van der Waals surface area (Å²) in [6, 6.07) is 6.09. The van der Waals surface area contributed by atoms with Gasteiger partial charge in [-0.1, -0.05) is 19.1 Å². The van der Waals surface area contributed by atoms with Crippen molar-refractivity contribution in [3.05, 3.63) is 29.8 Å². The Labute approximate surface area is 176 Å². The molecule has 1 aromatic rings. The first-order chi connectivity index (χ1) is 14.2. The summed E-state index contributed by atoms with van der Waals surface area (Å²) in [5.74, 6) is 0.703. The van der Waals surface area contributed by atoms with Gasteiger partial charge in [0.15, 0.2) is 5.96 Å². The van der Waals surface area contributed by atoms with Gasteiger partial charge in [0.05, 0.1) is 6.54 Å². The zero-order valence-electron chi connectivity index (χ0n) is 17.9. The van der Waals surface area contributed by atoms with Gasteiger partial charge in [-0.2, -0.15) is 13.2 Å². The Morgan fingerprint density at radius 3 is 2.30 bits per heavy atom. The monoisotopic (exact) mass is 427 g/mol. The molecule has 6 nitrogen and oxygen atoms in total. The number of carbonyl (C=O) groups is 1. The quantitative estimate of drug-likeness (QED) is 0.517. The fraction of sp³-hybridized carbons (Fsp3) is 0.619. The lowest BCUT2D eigenvalue weighted by Crippen LogP contribution is -2.56. The molecule has 0 bridgehead atoms. The van der Waals surface area contributed by atoms with Crippen molar-refractivity contribution < 1.29 is 18.0 Å². The number of hydrogen-bond acceptors (Lipinski definition) is 3. The number of piperazine rings is 1. The number of carbonyl (C=O) groups excluding carboxylic acids is 1. The lowest BCUT2D eigenvalue weighted by Gasteiger charge is -2.39. The molecular formula is C21H32F3N5O. The number of amides is 1. The molecule has 1 atom stereocenters. The number of rotatable bonds is 7. The second-order valence-corrected chi connectivity index (χ2v) is 7.41. The van der Waals surface area contributed by atoms with Crippen molar-refractivity contribution in [1.82, 2.24) is 15.1 Å². The largest absolute Gasteiger partial charge is 0.403 e. The highest BCUT2D eigenvalue weighted by Crippen LogP contribution is 2.25. The van der Waals surface area contributed by atoms with Crippen LogP contribution in [0.2, 0.25) is 0 Å². The molecule has 1 aliphatic heterocycles. The van der Waals surface area contributed by atoms with Crippen LogP contribution in [-0.2, 0) is 11.3 Å². The molecule has 1 aliphatic rings. The van der Waals surface area contributed by atoms with E-state index in [2.05, 4.69) is 15.6 Å². The minimum absolute atomic E-state index is 0.00307. The zero-order chi connectivity index (χ0) is 22.1. The third-order valence-electron chi connectivity index (χ3n) is 5.10. The lowest BCUT2D eigenvalue weighted by molar-refractivity contribution is -0.181. The number of guanidine groups is 1. The standard InChI is InChI=1S/C21H32F3N5O/c1-4-6-19(30)27-18-9-7-17(8-10-18)15-26-20(25-5-2)29-13-11-28(12-14-29)16(3)21(22,23)24/h7-10,16H,4-6,11-15H2,1-3H3,(H,25,26)(H,27,30). The molecule has 1 amide bonds. The summed E-state index contributed by atoms with van der Waals surface area (Å²) in [5.41, 5.74) is 1.74. The van der Waals surface area contributed by atoms with Crippen LogP contribution in [0.5, 0.6) is 0 Å². The van der Waals surface area contributed by atoms with Crippen molar-refractivity contribution in [1.29, 1.82) is 0 Å². The highest BCUT2D eigenvalue weighted by molar-refractivity contribution is 5.90. The number of halogens is 3. The molecule has 168 valence electrons. The first-order valence-corrected chi connectivity index (χ1v) is 10.5. The van der Waals surface area contributed by atoms with Crippen LogP contribution >= 0.6 is 0 Å². The van der Waals surface area contributed by atoms with E-state index < -0.39 is 12.2 Å². The molecule has 0 spiro atoms. The van der Waals surface area contributed by atoms with Crippen molar-refractivity contribution in [2.75, 3.05) is 38.0 Å². The number of aliphatic imine (C=N–C) groups is 1. The molecule has 1 saturated heterocycles. The fourth-order valence-electron chi connectivity index (χ4n) is 3.26. The average Bonchev–Trinajstić information content (AvgIpc) is 2.71. The number of nitrogens with zero attached hydrogens (tertiary/aromatic N) is 3. The Morgan fingerprint density at radius 2 is 1.77 bits per heavy atom. The smallest absolute Gasteiger partial charge is 0.357 e. The van der Waals surface area contributed by atoms with E-state index in [9.17, 15) is 18.0 Å². The Hall–Kier alpha value is -2.29. The van der Waals surface area contributed by atoms with Crippen LogP contribution in [0.25, 0.3) is 0 Å². The number of anilines is 1. The van der Waals surface area contributed by atoms with Gasteiger partial charge in [-0.3, -0.25) is 9.69 Å². The molecular weight excluding hydrogens is 395 g/mol. The minimum Gasteiger partial charge on any atom is -0.357 e. The molecule has 1 fully saturated rings. The first-order valence-electron chi connectivity index (χ1n) is 10.5. The molecule has 0 saturated carbocycles. The summed E-state index contributed by atoms with van der Waals surface area (Å²) >= 11 is 0. The topological polar surface area (TPSA) is 60.0 Å². The number of nitrogens with one attached hydrogen (secondary N) is 2. The summed E-state index contributed by atoms with van der Waals surface area (Å²) in [5, 5.41) is 6.08. The molecule has 0 radical (unpaired) electrons. The highest BCUT2D eigenvalue weighted by Gasteiger charge is 2.41. The van der Waals surface area contributed by atoms with Crippen molar-refractivity contribution in [2.24, 2.45) is 4.99 Å². The molecule has 0 aliphatic carbocycles. The van der Waals surface area contributed by atoms with E-state index in [1.807, 2.05) is 43.0 Å². The van der Waals surface area contributed by atoms with Gasteiger partial charge >= 0.3 is 6.18 Å². The Bertz CT molecular complexity index is 698. The van der Waals surface area contributed by atoms with Crippen molar-refractivity contribution in [3.63, 3.8) is 0 Å². The van der Waals surface area contributed by atoms with E-state index in [0.717, 1.165) is 17.7 Å². The Kier molecular flexibility index (Phi) is 8.95. The van der Waals surface area contributed by atoms with E-state index in [0.29, 0.717) is 51.6 Å². The average molecular weight is 428 g/mol. The van der Waals surface area contributed by atoms with Crippen LogP contribution in [-0.4, -0.2) is 66.6 Å². The maximum absolute atomic E-state index is 12.9. The van der Waals surface area contributed by atoms with Crippen LogP contribution in [0.4, 0.5) is 18.9 Å². The van der Waals surface area contributed by atoms with Gasteiger partial charge in [-0.05, 0) is 38.0 Å². The molecule has 1 heterocycles. The molecule has 2 N–H and O–H groups in total. The zero-order valence-corrected chi connectivity index (χ0v) is 17.9. The van der Waals surface area contributed by atoms with Gasteiger partial charge in [0.2, 0.25) is 5.91 Å². The Morgan fingerprint density at radius 1 is 1.13 bits per heavy atom. The molecule has 0 aromatic heterocycles. The maximum atomic E-state index is 12.9. The molecule has 2 rings (SSSR count). The fourth-order valence-corrected chi connectivity index (χ4v) is 3.26. The van der Waals surface area contributed by atoms with Crippen LogP contribution < -0.4 is 10.6 Å². The van der Waals surface area contributed by atoms with E-state index in [4.69, 9.17) is 0 Å². The van der Waals surface area contributed by atoms with E-state index in [1.54, 1.807) is 0 Å². The van der Waals surface area contributed by atoms with Gasteiger partial charge in [0.25, 0.3) is 0 Å².